The number of likely N-dealkylation sites (tertiary alicyclic amines) is 1. The standard InChI is InChI=1S/C23H26Cl2FN3O2/c1-28(2)19-12-20-18(11-17(19)24)27-14-21(31-20)22(30)29-9-7-23(25,8-10-29)13-15-3-5-16(26)6-4-15/h3-6,11-12,21,27H,7-10,13-14H2,1-2H3. The van der Waals surface area contributed by atoms with Crippen molar-refractivity contribution in [2.24, 2.45) is 0 Å². The van der Waals surface area contributed by atoms with E-state index in [9.17, 15) is 9.18 Å². The Balaban J connectivity index is 1.38. The van der Waals surface area contributed by atoms with Gasteiger partial charge in [0.15, 0.2) is 6.10 Å². The number of alkyl halides is 1. The maximum atomic E-state index is 13.1. The van der Waals surface area contributed by atoms with Gasteiger partial charge in [0.05, 0.1) is 27.8 Å². The van der Waals surface area contributed by atoms with Crippen LogP contribution in [0, 0.1) is 5.82 Å². The first-order chi connectivity index (χ1) is 14.7. The Labute approximate surface area is 192 Å². The second-order valence-electron chi connectivity index (χ2n) is 8.46. The highest BCUT2D eigenvalue weighted by Gasteiger charge is 2.37. The van der Waals surface area contributed by atoms with Gasteiger partial charge in [-0.1, -0.05) is 23.7 Å². The van der Waals surface area contributed by atoms with Gasteiger partial charge in [-0.2, -0.15) is 0 Å². The van der Waals surface area contributed by atoms with Crippen molar-refractivity contribution < 1.29 is 13.9 Å². The number of hydrogen-bond acceptors (Lipinski definition) is 4. The van der Waals surface area contributed by atoms with Crippen LogP contribution in [0.3, 0.4) is 0 Å². The first-order valence-electron chi connectivity index (χ1n) is 10.4. The molecule has 1 atom stereocenters. The number of carbonyl (C=O) groups excluding carboxylic acids is 1. The summed E-state index contributed by atoms with van der Waals surface area (Å²) in [7, 11) is 3.81. The van der Waals surface area contributed by atoms with E-state index in [0.29, 0.717) is 49.7 Å². The highest BCUT2D eigenvalue weighted by atomic mass is 35.5. The zero-order chi connectivity index (χ0) is 22.2. The number of hydrogen-bond donors (Lipinski definition) is 1. The van der Waals surface area contributed by atoms with Gasteiger partial charge in [-0.3, -0.25) is 4.79 Å². The molecule has 0 aliphatic carbocycles. The number of fused-ring (bicyclic) bond motifs is 1. The van der Waals surface area contributed by atoms with E-state index in [-0.39, 0.29) is 11.7 Å². The fourth-order valence-corrected chi connectivity index (χ4v) is 4.79. The van der Waals surface area contributed by atoms with Gasteiger partial charge >= 0.3 is 0 Å². The molecule has 1 amide bonds. The van der Waals surface area contributed by atoms with Crippen LogP contribution in [-0.2, 0) is 11.2 Å². The topological polar surface area (TPSA) is 44.8 Å². The van der Waals surface area contributed by atoms with E-state index in [1.165, 1.54) is 12.1 Å². The van der Waals surface area contributed by atoms with Gasteiger partial charge in [0.25, 0.3) is 5.91 Å². The molecule has 1 N–H and O–H groups in total. The smallest absolute Gasteiger partial charge is 0.265 e. The summed E-state index contributed by atoms with van der Waals surface area (Å²) in [4.78, 5) is 16.4. The number of ether oxygens (including phenoxy) is 1. The molecule has 0 spiro atoms. The van der Waals surface area contributed by atoms with Crippen LogP contribution < -0.4 is 15.0 Å². The molecule has 2 aromatic carbocycles. The van der Waals surface area contributed by atoms with Gasteiger partial charge in [0.2, 0.25) is 0 Å². The molecule has 31 heavy (non-hydrogen) atoms. The van der Waals surface area contributed by atoms with Crippen LogP contribution in [0.15, 0.2) is 36.4 Å². The molecule has 8 heteroatoms. The van der Waals surface area contributed by atoms with Crippen molar-refractivity contribution in [1.29, 1.82) is 0 Å². The number of benzene rings is 2. The van der Waals surface area contributed by atoms with Crippen molar-refractivity contribution in [1.82, 2.24) is 4.90 Å². The quantitative estimate of drug-likeness (QED) is 0.672. The van der Waals surface area contributed by atoms with E-state index in [2.05, 4.69) is 5.32 Å². The maximum Gasteiger partial charge on any atom is 0.265 e. The van der Waals surface area contributed by atoms with Crippen LogP contribution in [0.1, 0.15) is 18.4 Å². The molecule has 5 nitrogen and oxygen atoms in total. The summed E-state index contributed by atoms with van der Waals surface area (Å²) in [5.74, 6) is 0.327. The Bertz CT molecular complexity index is 960. The predicted octanol–water partition coefficient (Wildman–Crippen LogP) is 4.56. The Morgan fingerprint density at radius 1 is 1.26 bits per heavy atom. The van der Waals surface area contributed by atoms with E-state index in [0.717, 1.165) is 16.9 Å². The van der Waals surface area contributed by atoms with Crippen LogP contribution in [0.5, 0.6) is 5.75 Å². The molecule has 1 fully saturated rings. The number of rotatable bonds is 4. The van der Waals surface area contributed by atoms with Crippen LogP contribution in [-0.4, -0.2) is 55.5 Å². The number of carbonyl (C=O) groups is 1. The fraction of sp³-hybridized carbons (Fsp3) is 0.435. The molecule has 2 heterocycles. The van der Waals surface area contributed by atoms with Crippen LogP contribution in [0.2, 0.25) is 5.02 Å². The van der Waals surface area contributed by atoms with E-state index in [1.54, 1.807) is 12.1 Å². The zero-order valence-electron chi connectivity index (χ0n) is 17.6. The summed E-state index contributed by atoms with van der Waals surface area (Å²) in [5, 5.41) is 3.89. The van der Waals surface area contributed by atoms with Crippen molar-refractivity contribution >= 4 is 40.5 Å². The molecule has 2 aromatic rings. The number of halogens is 3. The minimum atomic E-state index is -0.594. The highest BCUT2D eigenvalue weighted by Crippen LogP contribution is 2.39. The van der Waals surface area contributed by atoms with Crippen LogP contribution in [0.25, 0.3) is 0 Å². The number of nitrogens with zero attached hydrogens (tertiary/aromatic N) is 2. The summed E-state index contributed by atoms with van der Waals surface area (Å²) < 4.78 is 19.2. The third-order valence-electron chi connectivity index (χ3n) is 5.96. The number of anilines is 2. The minimum absolute atomic E-state index is 0.0417. The molecule has 0 aromatic heterocycles. The van der Waals surface area contributed by atoms with Crippen molar-refractivity contribution in [3.63, 3.8) is 0 Å². The molecule has 2 aliphatic heterocycles. The van der Waals surface area contributed by atoms with Gasteiger partial charge in [-0.25, -0.2) is 4.39 Å². The van der Waals surface area contributed by atoms with Crippen LogP contribution >= 0.6 is 23.2 Å². The van der Waals surface area contributed by atoms with Gasteiger partial charge < -0.3 is 19.9 Å². The van der Waals surface area contributed by atoms with Crippen molar-refractivity contribution in [2.45, 2.75) is 30.2 Å². The molecule has 166 valence electrons. The second-order valence-corrected chi connectivity index (χ2v) is 9.67. The average Bonchev–Trinajstić information content (AvgIpc) is 2.74. The SMILES string of the molecule is CN(C)c1cc2c(cc1Cl)NCC(C(=O)N1CCC(Cl)(Cc3ccc(F)cc3)CC1)O2. The lowest BCUT2D eigenvalue weighted by Crippen LogP contribution is -2.52. The maximum absolute atomic E-state index is 13.1. The minimum Gasteiger partial charge on any atom is -0.476 e. The first kappa shape index (κ1) is 22.0. The normalized spacial score (nSPS) is 19.8. The van der Waals surface area contributed by atoms with E-state index in [1.807, 2.05) is 36.0 Å². The Morgan fingerprint density at radius 3 is 2.58 bits per heavy atom. The molecule has 0 bridgehead atoms. The first-order valence-corrected chi connectivity index (χ1v) is 11.1. The third kappa shape index (κ3) is 4.85. The second kappa shape index (κ2) is 8.75. The molecular weight excluding hydrogens is 440 g/mol. The summed E-state index contributed by atoms with van der Waals surface area (Å²) >= 11 is 13.2. The highest BCUT2D eigenvalue weighted by molar-refractivity contribution is 6.33. The number of nitrogens with one attached hydrogen (secondary N) is 1. The van der Waals surface area contributed by atoms with Crippen molar-refractivity contribution in [2.75, 3.05) is 43.9 Å². The molecular formula is C23H26Cl2FN3O2. The molecule has 4 rings (SSSR count). The molecule has 0 saturated carbocycles. The molecule has 1 saturated heterocycles. The Kier molecular flexibility index (Phi) is 6.22. The van der Waals surface area contributed by atoms with Crippen molar-refractivity contribution in [3.05, 3.63) is 52.8 Å². The number of amides is 1. The molecule has 0 radical (unpaired) electrons. The van der Waals surface area contributed by atoms with E-state index >= 15 is 0 Å². The molecule has 2 aliphatic rings. The summed E-state index contributed by atoms with van der Waals surface area (Å²) in [6.45, 7) is 1.53. The Morgan fingerprint density at radius 2 is 1.94 bits per heavy atom. The zero-order valence-corrected chi connectivity index (χ0v) is 19.1. The van der Waals surface area contributed by atoms with Gasteiger partial charge in [-0.15, -0.1) is 11.6 Å². The predicted molar refractivity (Wildman–Crippen MR) is 123 cm³/mol. The summed E-state index contributed by atoms with van der Waals surface area (Å²) in [6.07, 6.45) is 1.41. The van der Waals surface area contributed by atoms with Crippen LogP contribution in [0.4, 0.5) is 15.8 Å². The van der Waals surface area contributed by atoms with Gasteiger partial charge in [0.1, 0.15) is 11.6 Å². The van der Waals surface area contributed by atoms with Gasteiger partial charge in [-0.05, 0) is 43.0 Å². The number of piperidine rings is 1. The summed E-state index contributed by atoms with van der Waals surface area (Å²) in [5.41, 5.74) is 2.63. The van der Waals surface area contributed by atoms with Gasteiger partial charge in [0, 0.05) is 33.3 Å². The third-order valence-corrected chi connectivity index (χ3v) is 6.77. The lowest BCUT2D eigenvalue weighted by Gasteiger charge is -2.39. The van der Waals surface area contributed by atoms with Crippen molar-refractivity contribution in [3.8, 4) is 5.75 Å². The van der Waals surface area contributed by atoms with E-state index in [4.69, 9.17) is 27.9 Å². The largest absolute Gasteiger partial charge is 0.476 e. The fourth-order valence-electron chi connectivity index (χ4n) is 4.13. The monoisotopic (exact) mass is 465 g/mol. The van der Waals surface area contributed by atoms with E-state index < -0.39 is 11.0 Å². The lowest BCUT2D eigenvalue weighted by molar-refractivity contribution is -0.139. The summed E-state index contributed by atoms with van der Waals surface area (Å²) in [6, 6.07) is 10.1. The molecule has 1 unspecified atom stereocenters. The average molecular weight is 466 g/mol. The Hall–Kier alpha value is -2.18. The lowest BCUT2D eigenvalue weighted by atomic mass is 9.89.